The minimum atomic E-state index is -4.81. The van der Waals surface area contributed by atoms with Crippen LogP contribution in [0, 0.1) is 11.6 Å². The molecule has 2 aromatic carbocycles. The zero-order valence-corrected chi connectivity index (χ0v) is 20.3. The standard InChI is InChI=1S/C24H19ClF7N3O3/c1-34-20(35-6-4-23(28,29)5-7-35)11-19(33-22(34)36)37-12-13-8-17(26)21(18(27)9-13)38-14-2-3-16(25)15(10-14)24(30,31)32/h2-3,8-11H,4-7,12H2,1H3. The number of anilines is 1. The lowest BCUT2D eigenvalue weighted by atomic mass is 10.1. The monoisotopic (exact) mass is 565 g/mol. The van der Waals surface area contributed by atoms with Crippen LogP contribution in [-0.4, -0.2) is 28.6 Å². The zero-order valence-electron chi connectivity index (χ0n) is 19.6. The van der Waals surface area contributed by atoms with E-state index in [0.29, 0.717) is 6.07 Å². The Balaban J connectivity index is 1.50. The van der Waals surface area contributed by atoms with Crippen molar-refractivity contribution in [3.63, 3.8) is 0 Å². The van der Waals surface area contributed by atoms with Gasteiger partial charge in [0.05, 0.1) is 10.6 Å². The summed E-state index contributed by atoms with van der Waals surface area (Å²) >= 11 is 5.54. The van der Waals surface area contributed by atoms with Gasteiger partial charge in [-0.25, -0.2) is 22.4 Å². The van der Waals surface area contributed by atoms with Gasteiger partial charge in [-0.1, -0.05) is 11.6 Å². The van der Waals surface area contributed by atoms with Crippen LogP contribution in [0.25, 0.3) is 0 Å². The van der Waals surface area contributed by atoms with Crippen LogP contribution in [0.4, 0.5) is 36.6 Å². The fourth-order valence-electron chi connectivity index (χ4n) is 3.80. The summed E-state index contributed by atoms with van der Waals surface area (Å²) in [4.78, 5) is 17.6. The Morgan fingerprint density at radius 3 is 2.29 bits per heavy atom. The summed E-state index contributed by atoms with van der Waals surface area (Å²) in [5, 5.41) is -0.607. The summed E-state index contributed by atoms with van der Waals surface area (Å²) in [6.45, 7) is -0.440. The summed E-state index contributed by atoms with van der Waals surface area (Å²) in [7, 11) is 1.42. The molecule has 1 fully saturated rings. The van der Waals surface area contributed by atoms with Gasteiger partial charge in [0.15, 0.2) is 17.4 Å². The fraction of sp³-hybridized carbons (Fsp3) is 0.333. The van der Waals surface area contributed by atoms with Crippen molar-refractivity contribution < 1.29 is 40.2 Å². The normalized spacial score (nSPS) is 15.4. The van der Waals surface area contributed by atoms with E-state index in [9.17, 15) is 35.5 Å². The summed E-state index contributed by atoms with van der Waals surface area (Å²) in [6, 6.07) is 5.46. The second-order valence-corrected chi connectivity index (χ2v) is 8.96. The zero-order chi connectivity index (χ0) is 27.8. The SMILES string of the molecule is Cn1c(N2CCC(F)(F)CC2)cc(OCc2cc(F)c(Oc3ccc(Cl)c(C(F)(F)F)c3)c(F)c2)nc1=O. The minimum absolute atomic E-state index is 0.000296. The Morgan fingerprint density at radius 1 is 1.05 bits per heavy atom. The van der Waals surface area contributed by atoms with E-state index < -0.39 is 58.1 Å². The summed E-state index contributed by atoms with van der Waals surface area (Å²) in [5.41, 5.74) is -2.00. The number of hydrogen-bond donors (Lipinski definition) is 0. The first-order valence-electron chi connectivity index (χ1n) is 11.1. The Kier molecular flexibility index (Phi) is 7.51. The van der Waals surface area contributed by atoms with Crippen LogP contribution < -0.4 is 20.1 Å². The molecule has 0 atom stereocenters. The average molecular weight is 566 g/mol. The van der Waals surface area contributed by atoms with Crippen LogP contribution in [0.2, 0.25) is 5.02 Å². The van der Waals surface area contributed by atoms with Crippen LogP contribution in [-0.2, 0) is 19.8 Å². The number of alkyl halides is 5. The van der Waals surface area contributed by atoms with Crippen LogP contribution in [0.3, 0.4) is 0 Å². The van der Waals surface area contributed by atoms with Gasteiger partial charge in [-0.3, -0.25) is 4.57 Å². The van der Waals surface area contributed by atoms with Crippen molar-refractivity contribution in [1.29, 1.82) is 0 Å². The number of nitrogens with zero attached hydrogens (tertiary/aromatic N) is 3. The molecule has 0 saturated carbocycles. The lowest BCUT2D eigenvalue weighted by Crippen LogP contribution is -2.41. The highest BCUT2D eigenvalue weighted by atomic mass is 35.5. The summed E-state index contributed by atoms with van der Waals surface area (Å²) in [5.74, 6) is -6.57. The van der Waals surface area contributed by atoms with Gasteiger partial charge in [-0.05, 0) is 35.9 Å². The van der Waals surface area contributed by atoms with Gasteiger partial charge >= 0.3 is 11.9 Å². The number of halogens is 8. The molecule has 1 aliphatic heterocycles. The van der Waals surface area contributed by atoms with Crippen molar-refractivity contribution in [2.45, 2.75) is 31.5 Å². The molecule has 3 aromatic rings. The van der Waals surface area contributed by atoms with Crippen LogP contribution in [0.5, 0.6) is 17.4 Å². The van der Waals surface area contributed by atoms with E-state index in [1.807, 2.05) is 0 Å². The van der Waals surface area contributed by atoms with Gasteiger partial charge in [0.2, 0.25) is 5.88 Å². The van der Waals surface area contributed by atoms with Crippen molar-refractivity contribution >= 4 is 17.4 Å². The first-order chi connectivity index (χ1) is 17.7. The van der Waals surface area contributed by atoms with Gasteiger partial charge in [0, 0.05) is 39.0 Å². The second-order valence-electron chi connectivity index (χ2n) is 8.56. The van der Waals surface area contributed by atoms with Crippen molar-refractivity contribution in [3.8, 4) is 17.4 Å². The van der Waals surface area contributed by atoms with Crippen molar-refractivity contribution in [3.05, 3.63) is 74.7 Å². The average Bonchev–Trinajstić information content (AvgIpc) is 2.82. The molecule has 1 aromatic heterocycles. The van der Waals surface area contributed by atoms with E-state index >= 15 is 0 Å². The number of hydrogen-bond acceptors (Lipinski definition) is 5. The molecule has 6 nitrogen and oxygen atoms in total. The maximum Gasteiger partial charge on any atom is 0.417 e. The van der Waals surface area contributed by atoms with Gasteiger partial charge in [-0.15, -0.1) is 0 Å². The molecule has 2 heterocycles. The maximum atomic E-state index is 14.6. The molecule has 0 aliphatic carbocycles. The van der Waals surface area contributed by atoms with E-state index in [0.717, 1.165) is 24.3 Å². The Morgan fingerprint density at radius 2 is 1.68 bits per heavy atom. The molecule has 1 aliphatic rings. The van der Waals surface area contributed by atoms with Crippen molar-refractivity contribution in [2.24, 2.45) is 7.05 Å². The number of rotatable bonds is 6. The number of benzene rings is 2. The third-order valence-electron chi connectivity index (χ3n) is 5.82. The predicted molar refractivity (Wildman–Crippen MR) is 123 cm³/mol. The third-order valence-corrected chi connectivity index (χ3v) is 6.15. The first kappa shape index (κ1) is 27.6. The maximum absolute atomic E-state index is 14.6. The number of piperidine rings is 1. The highest BCUT2D eigenvalue weighted by molar-refractivity contribution is 6.31. The topological polar surface area (TPSA) is 56.6 Å². The highest BCUT2D eigenvalue weighted by Crippen LogP contribution is 2.38. The molecule has 0 unspecified atom stereocenters. The molecule has 14 heteroatoms. The molecule has 0 bridgehead atoms. The van der Waals surface area contributed by atoms with E-state index in [2.05, 4.69) is 4.98 Å². The van der Waals surface area contributed by atoms with E-state index in [1.165, 1.54) is 17.7 Å². The van der Waals surface area contributed by atoms with Crippen LogP contribution in [0.1, 0.15) is 24.0 Å². The largest absolute Gasteiger partial charge is 0.473 e. The van der Waals surface area contributed by atoms with E-state index in [1.54, 1.807) is 4.90 Å². The Labute approximate surface area is 216 Å². The molecular weight excluding hydrogens is 547 g/mol. The van der Waals surface area contributed by atoms with Crippen LogP contribution in [0.15, 0.2) is 41.2 Å². The smallest absolute Gasteiger partial charge is 0.417 e. The summed E-state index contributed by atoms with van der Waals surface area (Å²) < 4.78 is 107. The molecule has 1 saturated heterocycles. The molecule has 0 amide bonds. The Bertz CT molecular complexity index is 1380. The summed E-state index contributed by atoms with van der Waals surface area (Å²) in [6.07, 6.45) is -5.58. The quantitative estimate of drug-likeness (QED) is 0.327. The molecule has 204 valence electrons. The predicted octanol–water partition coefficient (Wildman–Crippen LogP) is 6.34. The van der Waals surface area contributed by atoms with E-state index in [4.69, 9.17) is 21.1 Å². The van der Waals surface area contributed by atoms with Crippen molar-refractivity contribution in [2.75, 3.05) is 18.0 Å². The van der Waals surface area contributed by atoms with Gasteiger partial charge in [-0.2, -0.15) is 18.2 Å². The van der Waals surface area contributed by atoms with Gasteiger partial charge < -0.3 is 14.4 Å². The van der Waals surface area contributed by atoms with Crippen molar-refractivity contribution in [1.82, 2.24) is 9.55 Å². The van der Waals surface area contributed by atoms with Gasteiger partial charge in [0.1, 0.15) is 18.2 Å². The molecule has 38 heavy (non-hydrogen) atoms. The number of aromatic nitrogens is 2. The van der Waals surface area contributed by atoms with Crippen LogP contribution >= 0.6 is 11.6 Å². The second kappa shape index (κ2) is 10.4. The molecule has 0 spiro atoms. The molecule has 0 radical (unpaired) electrons. The number of ether oxygens (including phenoxy) is 2. The van der Waals surface area contributed by atoms with E-state index in [-0.39, 0.29) is 43.2 Å². The molecule has 0 N–H and O–H groups in total. The Hall–Kier alpha value is -3.48. The lowest BCUT2D eigenvalue weighted by Gasteiger charge is -2.34. The van der Waals surface area contributed by atoms with Gasteiger partial charge in [0.25, 0.3) is 5.92 Å². The highest BCUT2D eigenvalue weighted by Gasteiger charge is 2.35. The third kappa shape index (κ3) is 6.14. The molecular formula is C24H19ClF7N3O3. The fourth-order valence-corrected chi connectivity index (χ4v) is 4.03. The first-order valence-corrected chi connectivity index (χ1v) is 11.5. The lowest BCUT2D eigenvalue weighted by molar-refractivity contribution is -0.137. The molecule has 4 rings (SSSR count). The minimum Gasteiger partial charge on any atom is -0.473 e.